The number of pyridine rings is 1. The molecule has 1 N–H and O–H groups in total. The SMILES string of the molecule is O=C(Nc1ccc(OC2CCN(C(=O)CC3CCOCC3)CC2)cc1)C1CN(c2cnccc2C(F)(F)F)C1. The first-order valence-corrected chi connectivity index (χ1v) is 13.5. The Morgan fingerprint density at radius 2 is 1.72 bits per heavy atom. The zero-order valence-corrected chi connectivity index (χ0v) is 21.7. The molecule has 3 aliphatic rings. The lowest BCUT2D eigenvalue weighted by atomic mass is 9.95. The minimum Gasteiger partial charge on any atom is -0.490 e. The first kappa shape index (κ1) is 27.2. The van der Waals surface area contributed by atoms with Crippen molar-refractivity contribution in [3.8, 4) is 5.75 Å². The van der Waals surface area contributed by atoms with Crippen molar-refractivity contribution in [2.45, 2.75) is 44.4 Å². The second kappa shape index (κ2) is 11.8. The van der Waals surface area contributed by atoms with Gasteiger partial charge in [0.15, 0.2) is 0 Å². The summed E-state index contributed by atoms with van der Waals surface area (Å²) < 4.78 is 51.3. The molecule has 39 heavy (non-hydrogen) atoms. The molecule has 210 valence electrons. The van der Waals surface area contributed by atoms with Gasteiger partial charge in [0.05, 0.1) is 23.4 Å². The molecule has 1 aromatic carbocycles. The maximum absolute atomic E-state index is 13.3. The average molecular weight is 547 g/mol. The first-order chi connectivity index (χ1) is 18.8. The maximum atomic E-state index is 13.3. The van der Waals surface area contributed by atoms with E-state index in [9.17, 15) is 22.8 Å². The fourth-order valence-electron chi connectivity index (χ4n) is 5.32. The van der Waals surface area contributed by atoms with Crippen LogP contribution in [0.1, 0.15) is 37.7 Å². The average Bonchev–Trinajstić information content (AvgIpc) is 2.90. The second-order valence-corrected chi connectivity index (χ2v) is 10.5. The van der Waals surface area contributed by atoms with Gasteiger partial charge in [0.25, 0.3) is 0 Å². The number of amides is 2. The molecular formula is C28H33F3N4O4. The Kier molecular flexibility index (Phi) is 8.25. The number of hydrogen-bond acceptors (Lipinski definition) is 6. The molecule has 2 aromatic rings. The minimum atomic E-state index is -4.48. The molecule has 0 saturated carbocycles. The largest absolute Gasteiger partial charge is 0.490 e. The predicted octanol–water partition coefficient (Wildman–Crippen LogP) is 4.36. The lowest BCUT2D eigenvalue weighted by molar-refractivity contribution is -0.137. The third-order valence-electron chi connectivity index (χ3n) is 7.72. The van der Waals surface area contributed by atoms with E-state index in [0.717, 1.165) is 51.2 Å². The van der Waals surface area contributed by atoms with Gasteiger partial charge in [0, 0.05) is 70.5 Å². The number of halogens is 3. The summed E-state index contributed by atoms with van der Waals surface area (Å²) >= 11 is 0. The summed E-state index contributed by atoms with van der Waals surface area (Å²) in [6.07, 6.45) is 1.88. The second-order valence-electron chi connectivity index (χ2n) is 10.5. The normalized spacial score (nSPS) is 19.5. The van der Waals surface area contributed by atoms with Crippen LogP contribution in [0.5, 0.6) is 5.75 Å². The number of likely N-dealkylation sites (tertiary alicyclic amines) is 1. The van der Waals surface area contributed by atoms with E-state index in [0.29, 0.717) is 36.9 Å². The van der Waals surface area contributed by atoms with Gasteiger partial charge in [0.1, 0.15) is 11.9 Å². The fourth-order valence-corrected chi connectivity index (χ4v) is 5.32. The van der Waals surface area contributed by atoms with Gasteiger partial charge >= 0.3 is 6.18 Å². The van der Waals surface area contributed by atoms with Crippen LogP contribution in [0.3, 0.4) is 0 Å². The summed E-state index contributed by atoms with van der Waals surface area (Å²) in [5, 5.41) is 2.83. The van der Waals surface area contributed by atoms with Gasteiger partial charge in [-0.25, -0.2) is 0 Å². The van der Waals surface area contributed by atoms with Gasteiger partial charge in [-0.1, -0.05) is 0 Å². The number of carbonyl (C=O) groups excluding carboxylic acids is 2. The molecule has 0 bridgehead atoms. The van der Waals surface area contributed by atoms with Gasteiger partial charge in [0.2, 0.25) is 11.8 Å². The zero-order valence-electron chi connectivity index (χ0n) is 21.7. The number of benzene rings is 1. The number of anilines is 2. The summed E-state index contributed by atoms with van der Waals surface area (Å²) in [6.45, 7) is 3.24. The van der Waals surface area contributed by atoms with Crippen molar-refractivity contribution < 1.29 is 32.2 Å². The number of alkyl halides is 3. The van der Waals surface area contributed by atoms with Crippen LogP contribution in [-0.2, 0) is 20.5 Å². The molecule has 11 heteroatoms. The van der Waals surface area contributed by atoms with Gasteiger partial charge in [-0.15, -0.1) is 0 Å². The molecule has 1 aromatic heterocycles. The zero-order chi connectivity index (χ0) is 27.4. The molecule has 0 aliphatic carbocycles. The van der Waals surface area contributed by atoms with Gasteiger partial charge in [-0.2, -0.15) is 13.2 Å². The Labute approximate surface area is 225 Å². The number of rotatable bonds is 7. The standard InChI is InChI=1S/C28H33F3N4O4/c29-28(30,31)24-5-10-32-16-25(24)35-17-20(18-35)27(37)33-21-1-3-22(4-2-21)39-23-6-11-34(12-7-23)26(36)15-19-8-13-38-14-9-19/h1-5,10,16,19-20,23H,6-9,11-15,17-18H2,(H,33,37). The maximum Gasteiger partial charge on any atom is 0.418 e. The number of ether oxygens (including phenoxy) is 2. The van der Waals surface area contributed by atoms with Crippen LogP contribution in [0.15, 0.2) is 42.7 Å². The number of nitrogens with one attached hydrogen (secondary N) is 1. The van der Waals surface area contributed by atoms with Crippen LogP contribution < -0.4 is 15.0 Å². The van der Waals surface area contributed by atoms with Gasteiger partial charge < -0.3 is 24.6 Å². The lowest BCUT2D eigenvalue weighted by Crippen LogP contribution is -2.52. The van der Waals surface area contributed by atoms with E-state index < -0.39 is 17.7 Å². The van der Waals surface area contributed by atoms with Crippen molar-refractivity contribution in [2.24, 2.45) is 11.8 Å². The molecule has 3 saturated heterocycles. The van der Waals surface area contributed by atoms with Crippen LogP contribution in [0.4, 0.5) is 24.5 Å². The Balaban J connectivity index is 1.04. The molecule has 5 rings (SSSR count). The molecule has 0 spiro atoms. The van der Waals surface area contributed by atoms with Crippen molar-refractivity contribution in [3.05, 3.63) is 48.3 Å². The Morgan fingerprint density at radius 3 is 2.38 bits per heavy atom. The first-order valence-electron chi connectivity index (χ1n) is 13.5. The van der Waals surface area contributed by atoms with E-state index in [2.05, 4.69) is 10.3 Å². The van der Waals surface area contributed by atoms with Crippen LogP contribution in [-0.4, -0.2) is 67.2 Å². The topological polar surface area (TPSA) is 84.0 Å². The van der Waals surface area contributed by atoms with Gasteiger partial charge in [-0.3, -0.25) is 14.6 Å². The highest BCUT2D eigenvalue weighted by Crippen LogP contribution is 2.38. The Morgan fingerprint density at radius 1 is 1.03 bits per heavy atom. The van der Waals surface area contributed by atoms with E-state index in [1.165, 1.54) is 11.1 Å². The summed E-state index contributed by atoms with van der Waals surface area (Å²) in [7, 11) is 0. The summed E-state index contributed by atoms with van der Waals surface area (Å²) in [4.78, 5) is 32.5. The molecule has 0 atom stereocenters. The number of piperidine rings is 1. The fraction of sp³-hybridized carbons (Fsp3) is 0.536. The molecule has 0 unspecified atom stereocenters. The highest BCUT2D eigenvalue weighted by Gasteiger charge is 2.40. The highest BCUT2D eigenvalue weighted by atomic mass is 19.4. The van der Waals surface area contributed by atoms with E-state index in [1.54, 1.807) is 24.3 Å². The summed E-state index contributed by atoms with van der Waals surface area (Å²) in [5.74, 6) is 0.671. The molecular weight excluding hydrogens is 513 g/mol. The third-order valence-corrected chi connectivity index (χ3v) is 7.72. The summed E-state index contributed by atoms with van der Waals surface area (Å²) in [5.41, 5.74) is -0.166. The molecule has 3 aliphatic heterocycles. The molecule has 4 heterocycles. The van der Waals surface area contributed by atoms with Gasteiger partial charge in [-0.05, 0) is 49.1 Å². The van der Waals surface area contributed by atoms with E-state index in [-0.39, 0.29) is 36.7 Å². The van der Waals surface area contributed by atoms with Crippen molar-refractivity contribution in [1.82, 2.24) is 9.88 Å². The quantitative estimate of drug-likeness (QED) is 0.556. The lowest BCUT2D eigenvalue weighted by Gasteiger charge is -2.40. The third kappa shape index (κ3) is 6.81. The number of nitrogens with zero attached hydrogens (tertiary/aromatic N) is 3. The Hall–Kier alpha value is -3.34. The van der Waals surface area contributed by atoms with Crippen molar-refractivity contribution >= 4 is 23.2 Å². The van der Waals surface area contributed by atoms with Crippen molar-refractivity contribution in [2.75, 3.05) is 49.6 Å². The van der Waals surface area contributed by atoms with E-state index in [4.69, 9.17) is 9.47 Å². The monoisotopic (exact) mass is 546 g/mol. The molecule has 2 amide bonds. The molecule has 3 fully saturated rings. The Bertz CT molecular complexity index is 1140. The minimum absolute atomic E-state index is 0.00919. The predicted molar refractivity (Wildman–Crippen MR) is 138 cm³/mol. The highest BCUT2D eigenvalue weighted by molar-refractivity contribution is 5.94. The molecule has 0 radical (unpaired) electrons. The summed E-state index contributed by atoms with van der Waals surface area (Å²) in [6, 6.07) is 8.02. The number of hydrogen-bond donors (Lipinski definition) is 1. The molecule has 8 nitrogen and oxygen atoms in total. The number of aromatic nitrogens is 1. The number of carbonyl (C=O) groups is 2. The van der Waals surface area contributed by atoms with Crippen LogP contribution in [0, 0.1) is 11.8 Å². The van der Waals surface area contributed by atoms with Crippen LogP contribution in [0.2, 0.25) is 0 Å². The van der Waals surface area contributed by atoms with Crippen molar-refractivity contribution in [1.29, 1.82) is 0 Å². The van der Waals surface area contributed by atoms with E-state index in [1.807, 2.05) is 4.90 Å². The van der Waals surface area contributed by atoms with Crippen molar-refractivity contribution in [3.63, 3.8) is 0 Å². The van der Waals surface area contributed by atoms with Crippen LogP contribution in [0.25, 0.3) is 0 Å². The van der Waals surface area contributed by atoms with E-state index >= 15 is 0 Å². The van der Waals surface area contributed by atoms with Crippen LogP contribution >= 0.6 is 0 Å². The smallest absolute Gasteiger partial charge is 0.418 e.